The topological polar surface area (TPSA) is 75.3 Å². The zero-order chi connectivity index (χ0) is 14.3. The summed E-state index contributed by atoms with van der Waals surface area (Å²) in [5.74, 6) is -0.152. The predicted molar refractivity (Wildman–Crippen MR) is 77.6 cm³/mol. The summed E-state index contributed by atoms with van der Waals surface area (Å²) in [7, 11) is -3.37. The highest BCUT2D eigenvalue weighted by molar-refractivity contribution is 7.90. The van der Waals surface area contributed by atoms with Crippen LogP contribution in [0.4, 0.5) is 11.4 Å². The largest absolute Gasteiger partial charge is 0.380 e. The number of fused-ring (bicyclic) bond motifs is 2. The molecule has 2 aliphatic rings. The van der Waals surface area contributed by atoms with Crippen molar-refractivity contribution in [1.29, 1.82) is 0 Å². The maximum absolute atomic E-state index is 12.3. The molecule has 1 aromatic rings. The van der Waals surface area contributed by atoms with Crippen LogP contribution in [0.15, 0.2) is 23.1 Å². The average molecular weight is 294 g/mol. The second kappa shape index (κ2) is 4.77. The number of hydrogen-bond acceptors (Lipinski definition) is 4. The van der Waals surface area contributed by atoms with Crippen molar-refractivity contribution in [3.8, 4) is 0 Å². The standard InChI is InChI=1S/C14H18N2O3S/c1-20(18,19)12-8-4-7-11-13(12)16-14(17)9-5-2-3-6-10(9)15-11/h4,7-10,15H,2-3,5-6H2,1H3,(H,16,17). The molecule has 2 atom stereocenters. The lowest BCUT2D eigenvalue weighted by molar-refractivity contribution is -0.120. The van der Waals surface area contributed by atoms with Gasteiger partial charge in [-0.15, -0.1) is 0 Å². The fraction of sp³-hybridized carbons (Fsp3) is 0.500. The molecule has 1 heterocycles. The van der Waals surface area contributed by atoms with Crippen LogP contribution in [0.5, 0.6) is 0 Å². The molecular formula is C14H18N2O3S. The van der Waals surface area contributed by atoms with Gasteiger partial charge in [-0.25, -0.2) is 8.42 Å². The highest BCUT2D eigenvalue weighted by Gasteiger charge is 2.35. The first kappa shape index (κ1) is 13.4. The monoisotopic (exact) mass is 294 g/mol. The van der Waals surface area contributed by atoms with Crippen LogP contribution in [0.3, 0.4) is 0 Å². The van der Waals surface area contributed by atoms with Crippen molar-refractivity contribution >= 4 is 27.1 Å². The van der Waals surface area contributed by atoms with Gasteiger partial charge in [0.2, 0.25) is 5.91 Å². The lowest BCUT2D eigenvalue weighted by Crippen LogP contribution is -2.37. The van der Waals surface area contributed by atoms with Crippen molar-refractivity contribution in [1.82, 2.24) is 0 Å². The fourth-order valence-electron chi connectivity index (χ4n) is 3.12. The zero-order valence-electron chi connectivity index (χ0n) is 11.3. The van der Waals surface area contributed by atoms with E-state index in [1.165, 1.54) is 6.07 Å². The predicted octanol–water partition coefficient (Wildman–Crippen LogP) is 2.01. The molecule has 2 unspecified atom stereocenters. The smallest absolute Gasteiger partial charge is 0.229 e. The van der Waals surface area contributed by atoms with Gasteiger partial charge in [-0.3, -0.25) is 4.79 Å². The molecule has 1 fully saturated rings. The van der Waals surface area contributed by atoms with Crippen molar-refractivity contribution in [2.24, 2.45) is 5.92 Å². The summed E-state index contributed by atoms with van der Waals surface area (Å²) in [6.45, 7) is 0. The molecule has 1 aliphatic carbocycles. The number of nitrogens with one attached hydrogen (secondary N) is 2. The Bertz CT molecular complexity index is 654. The molecule has 1 amide bonds. The lowest BCUT2D eigenvalue weighted by atomic mass is 9.84. The average Bonchev–Trinajstić information content (AvgIpc) is 2.53. The van der Waals surface area contributed by atoms with Crippen LogP contribution in [0.2, 0.25) is 0 Å². The third-order valence-electron chi connectivity index (χ3n) is 4.12. The van der Waals surface area contributed by atoms with Crippen molar-refractivity contribution in [2.45, 2.75) is 36.6 Å². The number of carbonyl (C=O) groups is 1. The van der Waals surface area contributed by atoms with Crippen LogP contribution < -0.4 is 10.6 Å². The maximum atomic E-state index is 12.3. The second-order valence-corrected chi connectivity index (χ2v) is 7.57. The van der Waals surface area contributed by atoms with E-state index in [9.17, 15) is 13.2 Å². The van der Waals surface area contributed by atoms with E-state index in [0.29, 0.717) is 11.4 Å². The van der Waals surface area contributed by atoms with Gasteiger partial charge >= 0.3 is 0 Å². The van der Waals surface area contributed by atoms with Crippen LogP contribution in [-0.2, 0) is 14.6 Å². The second-order valence-electron chi connectivity index (χ2n) is 5.58. The normalized spacial score (nSPS) is 25.8. The summed E-state index contributed by atoms with van der Waals surface area (Å²) in [4.78, 5) is 12.5. The van der Waals surface area contributed by atoms with E-state index in [1.54, 1.807) is 6.07 Å². The Hall–Kier alpha value is -1.56. The summed E-state index contributed by atoms with van der Waals surface area (Å²) >= 11 is 0. The molecule has 2 N–H and O–H groups in total. The Morgan fingerprint density at radius 1 is 1.20 bits per heavy atom. The molecule has 0 bridgehead atoms. The third kappa shape index (κ3) is 2.28. The third-order valence-corrected chi connectivity index (χ3v) is 5.26. The molecular weight excluding hydrogens is 276 g/mol. The van der Waals surface area contributed by atoms with Crippen molar-refractivity contribution in [2.75, 3.05) is 16.9 Å². The van der Waals surface area contributed by atoms with Crippen LogP contribution in [0, 0.1) is 5.92 Å². The minimum atomic E-state index is -3.37. The van der Waals surface area contributed by atoms with Crippen molar-refractivity contribution in [3.05, 3.63) is 18.2 Å². The molecule has 1 aromatic carbocycles. The number of rotatable bonds is 1. The lowest BCUT2D eigenvalue weighted by Gasteiger charge is -2.29. The maximum Gasteiger partial charge on any atom is 0.229 e. The Labute approximate surface area is 118 Å². The molecule has 3 rings (SSSR count). The molecule has 5 nitrogen and oxygen atoms in total. The van der Waals surface area contributed by atoms with Gasteiger partial charge in [0.25, 0.3) is 0 Å². The van der Waals surface area contributed by atoms with Gasteiger partial charge < -0.3 is 10.6 Å². The Balaban J connectivity index is 2.09. The van der Waals surface area contributed by atoms with E-state index in [2.05, 4.69) is 10.6 Å². The SMILES string of the molecule is CS(=O)(=O)c1cccc2c1NC(=O)C1CCCCC1N2. The highest BCUT2D eigenvalue weighted by atomic mass is 32.2. The first-order chi connectivity index (χ1) is 9.47. The van der Waals surface area contributed by atoms with E-state index in [4.69, 9.17) is 0 Å². The van der Waals surface area contributed by atoms with E-state index in [0.717, 1.165) is 31.9 Å². The van der Waals surface area contributed by atoms with Crippen LogP contribution in [0.1, 0.15) is 25.7 Å². The summed E-state index contributed by atoms with van der Waals surface area (Å²) < 4.78 is 23.7. The number of sulfone groups is 1. The first-order valence-electron chi connectivity index (χ1n) is 6.87. The molecule has 0 radical (unpaired) electrons. The molecule has 108 valence electrons. The summed E-state index contributed by atoms with van der Waals surface area (Å²) in [5.41, 5.74) is 1.10. The Kier molecular flexibility index (Phi) is 3.20. The van der Waals surface area contributed by atoms with Crippen LogP contribution in [0.25, 0.3) is 0 Å². The highest BCUT2D eigenvalue weighted by Crippen LogP contribution is 2.37. The van der Waals surface area contributed by atoms with E-state index >= 15 is 0 Å². The number of hydrogen-bond donors (Lipinski definition) is 2. The number of benzene rings is 1. The van der Waals surface area contributed by atoms with Gasteiger partial charge in [-0.2, -0.15) is 0 Å². The summed E-state index contributed by atoms with van der Waals surface area (Å²) in [6, 6.07) is 5.16. The van der Waals surface area contributed by atoms with Gasteiger partial charge in [-0.1, -0.05) is 18.9 Å². The quantitative estimate of drug-likeness (QED) is 0.831. The van der Waals surface area contributed by atoms with Gasteiger partial charge in [0.1, 0.15) is 0 Å². The number of carbonyl (C=O) groups excluding carboxylic acids is 1. The van der Waals surface area contributed by atoms with E-state index in [1.807, 2.05) is 6.07 Å². The number of anilines is 2. The molecule has 0 aromatic heterocycles. The Morgan fingerprint density at radius 3 is 2.70 bits per heavy atom. The van der Waals surface area contributed by atoms with Gasteiger partial charge in [0.05, 0.1) is 22.2 Å². The van der Waals surface area contributed by atoms with Crippen LogP contribution in [-0.4, -0.2) is 26.6 Å². The van der Waals surface area contributed by atoms with Crippen molar-refractivity contribution in [3.63, 3.8) is 0 Å². The minimum Gasteiger partial charge on any atom is -0.380 e. The van der Waals surface area contributed by atoms with E-state index < -0.39 is 9.84 Å². The van der Waals surface area contributed by atoms with E-state index in [-0.39, 0.29) is 22.8 Å². The molecule has 6 heteroatoms. The summed E-state index contributed by atoms with van der Waals surface area (Å²) in [5, 5.41) is 6.17. The summed E-state index contributed by atoms with van der Waals surface area (Å²) in [6.07, 6.45) is 5.10. The first-order valence-corrected chi connectivity index (χ1v) is 8.76. The molecule has 1 saturated carbocycles. The number of amides is 1. The van der Waals surface area contributed by atoms with Gasteiger partial charge in [0, 0.05) is 12.3 Å². The van der Waals surface area contributed by atoms with Crippen molar-refractivity contribution < 1.29 is 13.2 Å². The molecule has 0 saturated heterocycles. The molecule has 20 heavy (non-hydrogen) atoms. The van der Waals surface area contributed by atoms with Gasteiger partial charge in [0.15, 0.2) is 9.84 Å². The van der Waals surface area contributed by atoms with Crippen LogP contribution >= 0.6 is 0 Å². The minimum absolute atomic E-state index is 0.0722. The van der Waals surface area contributed by atoms with Gasteiger partial charge in [-0.05, 0) is 25.0 Å². The Morgan fingerprint density at radius 2 is 1.95 bits per heavy atom. The molecule has 1 aliphatic heterocycles. The molecule has 0 spiro atoms. The number of para-hydroxylation sites is 1. The zero-order valence-corrected chi connectivity index (χ0v) is 12.2. The fourth-order valence-corrected chi connectivity index (χ4v) is 3.98.